The van der Waals surface area contributed by atoms with Crippen molar-refractivity contribution in [2.45, 2.75) is 26.3 Å². The number of likely N-dealkylation sites (tertiary alicyclic amines) is 1. The van der Waals surface area contributed by atoms with E-state index in [-0.39, 0.29) is 17.9 Å². The lowest BCUT2D eigenvalue weighted by Gasteiger charge is -2.30. The van der Waals surface area contributed by atoms with Crippen LogP contribution in [0.1, 0.15) is 46.9 Å². The molecule has 6 rings (SSSR count). The molecule has 200 valence electrons. The Labute approximate surface area is 232 Å². The minimum Gasteiger partial charge on any atom is -0.490 e. The lowest BCUT2D eigenvalue weighted by Crippen LogP contribution is -2.35. The first-order chi connectivity index (χ1) is 19.5. The first-order valence-electron chi connectivity index (χ1n) is 13.6. The van der Waals surface area contributed by atoms with Crippen LogP contribution in [-0.4, -0.2) is 51.5 Å². The molecule has 8 heteroatoms. The summed E-state index contributed by atoms with van der Waals surface area (Å²) in [5, 5.41) is 9.30. The van der Waals surface area contributed by atoms with E-state index >= 15 is 0 Å². The first-order valence-corrected chi connectivity index (χ1v) is 13.6. The monoisotopic (exact) mass is 531 g/mol. The Morgan fingerprint density at radius 1 is 0.975 bits per heavy atom. The van der Waals surface area contributed by atoms with Gasteiger partial charge in [0.15, 0.2) is 11.6 Å². The van der Waals surface area contributed by atoms with Crippen LogP contribution in [0.5, 0.6) is 5.75 Å². The number of aromatic nitrogens is 3. The normalized spacial score (nSPS) is 14.9. The molecule has 0 radical (unpaired) electrons. The number of fused-ring (bicyclic) bond motifs is 3. The van der Waals surface area contributed by atoms with Crippen LogP contribution in [-0.2, 0) is 6.54 Å². The number of carbonyl (C=O) groups excluding carboxylic acids is 1. The second-order valence-corrected chi connectivity index (χ2v) is 10.4. The maximum atomic E-state index is 13.3. The molecule has 4 aromatic rings. The van der Waals surface area contributed by atoms with Crippen molar-refractivity contribution in [3.63, 3.8) is 0 Å². The molecule has 3 heterocycles. The number of nitriles is 1. The molecule has 40 heavy (non-hydrogen) atoms. The summed E-state index contributed by atoms with van der Waals surface area (Å²) in [6.07, 6.45) is 5.70. The molecule has 1 aliphatic heterocycles. The number of benzene rings is 2. The van der Waals surface area contributed by atoms with Gasteiger partial charge in [-0.1, -0.05) is 25.1 Å². The van der Waals surface area contributed by atoms with Gasteiger partial charge in [-0.2, -0.15) is 5.26 Å². The van der Waals surface area contributed by atoms with Crippen molar-refractivity contribution in [1.82, 2.24) is 19.4 Å². The highest BCUT2D eigenvalue weighted by Gasteiger charge is 2.30. The van der Waals surface area contributed by atoms with E-state index in [2.05, 4.69) is 27.9 Å². The van der Waals surface area contributed by atoms with Gasteiger partial charge in [-0.05, 0) is 79.9 Å². The second kappa shape index (κ2) is 10.9. The maximum absolute atomic E-state index is 13.3. The summed E-state index contributed by atoms with van der Waals surface area (Å²) in [7, 11) is 0. The van der Waals surface area contributed by atoms with Crippen LogP contribution in [0, 0.1) is 17.2 Å². The molecular formula is C32H29N5O3. The number of hydrogen-bond donors (Lipinski definition) is 0. The van der Waals surface area contributed by atoms with Crippen molar-refractivity contribution >= 4 is 5.78 Å². The van der Waals surface area contributed by atoms with Crippen molar-refractivity contribution in [1.29, 1.82) is 5.26 Å². The molecule has 8 nitrogen and oxygen atoms in total. The quantitative estimate of drug-likeness (QED) is 0.304. The molecule has 2 aromatic carbocycles. The summed E-state index contributed by atoms with van der Waals surface area (Å²) in [6.45, 7) is 6.44. The van der Waals surface area contributed by atoms with E-state index in [1.165, 1.54) is 10.6 Å². The molecule has 0 spiro atoms. The van der Waals surface area contributed by atoms with Gasteiger partial charge in [0.05, 0.1) is 37.2 Å². The Morgan fingerprint density at radius 2 is 1.75 bits per heavy atom. The van der Waals surface area contributed by atoms with E-state index in [4.69, 9.17) is 4.74 Å². The molecule has 2 aliphatic rings. The molecule has 0 N–H and O–H groups in total. The predicted molar refractivity (Wildman–Crippen MR) is 151 cm³/mol. The highest BCUT2D eigenvalue weighted by Crippen LogP contribution is 2.36. The molecular weight excluding hydrogens is 502 g/mol. The average molecular weight is 532 g/mol. The average Bonchev–Trinajstić information content (AvgIpc) is 3.29. The molecule has 0 atom stereocenters. The number of pyridine rings is 1. The van der Waals surface area contributed by atoms with Crippen LogP contribution >= 0.6 is 0 Å². The third-order valence-corrected chi connectivity index (χ3v) is 7.88. The van der Waals surface area contributed by atoms with Gasteiger partial charge in [-0.3, -0.25) is 9.59 Å². The Bertz CT molecular complexity index is 1680. The van der Waals surface area contributed by atoms with Gasteiger partial charge in [0, 0.05) is 22.8 Å². The van der Waals surface area contributed by atoms with Crippen molar-refractivity contribution in [3.8, 4) is 34.3 Å². The third-order valence-electron chi connectivity index (χ3n) is 7.88. The fourth-order valence-electron chi connectivity index (χ4n) is 5.58. The van der Waals surface area contributed by atoms with E-state index in [1.54, 1.807) is 36.7 Å². The Hall–Kier alpha value is -4.61. The predicted octanol–water partition coefficient (Wildman–Crippen LogP) is 4.55. The van der Waals surface area contributed by atoms with Crippen molar-refractivity contribution in [3.05, 3.63) is 99.7 Å². The zero-order chi connectivity index (χ0) is 27.6. The fraction of sp³-hybridized carbons (Fsp3) is 0.281. The van der Waals surface area contributed by atoms with Gasteiger partial charge in [0.2, 0.25) is 5.78 Å². The molecule has 1 saturated heterocycles. The summed E-state index contributed by atoms with van der Waals surface area (Å²) >= 11 is 0. The topological polar surface area (TPSA) is 101 Å². The van der Waals surface area contributed by atoms with Crippen LogP contribution in [0.2, 0.25) is 0 Å². The number of ketones is 1. The van der Waals surface area contributed by atoms with E-state index in [9.17, 15) is 14.9 Å². The molecule has 0 bridgehead atoms. The SMILES string of the molecule is CCN1CCC(COc2cnc(-c3cccc(Cn4c5c(ccc4=O)-c4cc(C#N)ccc4C5=O)c3)nc2)CC1. The van der Waals surface area contributed by atoms with Gasteiger partial charge in [0.1, 0.15) is 5.69 Å². The van der Waals surface area contributed by atoms with Crippen LogP contribution < -0.4 is 10.3 Å². The summed E-state index contributed by atoms with van der Waals surface area (Å²) < 4.78 is 7.49. The number of hydrogen-bond acceptors (Lipinski definition) is 7. The molecule has 1 fully saturated rings. The smallest absolute Gasteiger partial charge is 0.251 e. The summed E-state index contributed by atoms with van der Waals surface area (Å²) in [4.78, 5) is 37.7. The Balaban J connectivity index is 1.19. The van der Waals surface area contributed by atoms with Gasteiger partial charge in [-0.15, -0.1) is 0 Å². The van der Waals surface area contributed by atoms with Gasteiger partial charge in [-0.25, -0.2) is 9.97 Å². The number of carbonyl (C=O) groups is 1. The minimum atomic E-state index is -0.260. The summed E-state index contributed by atoms with van der Waals surface area (Å²) in [5.41, 5.74) is 4.07. The van der Waals surface area contributed by atoms with Gasteiger partial charge < -0.3 is 14.2 Å². The summed E-state index contributed by atoms with van der Waals surface area (Å²) in [5.74, 6) is 1.55. The molecule has 0 amide bonds. The molecule has 0 unspecified atom stereocenters. The van der Waals surface area contributed by atoms with E-state index < -0.39 is 0 Å². The highest BCUT2D eigenvalue weighted by molar-refractivity contribution is 6.20. The maximum Gasteiger partial charge on any atom is 0.251 e. The molecule has 2 aromatic heterocycles. The van der Waals surface area contributed by atoms with Crippen LogP contribution in [0.3, 0.4) is 0 Å². The highest BCUT2D eigenvalue weighted by atomic mass is 16.5. The molecule has 1 aliphatic carbocycles. The molecule has 0 saturated carbocycles. The van der Waals surface area contributed by atoms with E-state index in [1.807, 2.05) is 24.3 Å². The van der Waals surface area contributed by atoms with Crippen molar-refractivity contribution < 1.29 is 9.53 Å². The minimum absolute atomic E-state index is 0.210. The zero-order valence-electron chi connectivity index (χ0n) is 22.3. The third kappa shape index (κ3) is 4.92. The standard InChI is InChI=1S/C32H29N5O3/c1-2-36-12-10-21(11-13-36)20-40-25-17-34-32(35-18-25)24-5-3-4-23(14-24)19-37-29(38)9-8-26-28-15-22(16-33)6-7-27(28)31(39)30(26)37/h3-9,14-15,17-18,21H,2,10-13,19-20H2,1H3. The Kier molecular flexibility index (Phi) is 6.97. The van der Waals surface area contributed by atoms with Crippen molar-refractivity contribution in [2.24, 2.45) is 5.92 Å². The second-order valence-electron chi connectivity index (χ2n) is 10.4. The van der Waals surface area contributed by atoms with E-state index in [0.29, 0.717) is 52.0 Å². The number of ether oxygens (including phenoxy) is 1. The number of rotatable bonds is 7. The van der Waals surface area contributed by atoms with Crippen LogP contribution in [0.15, 0.2) is 71.8 Å². The van der Waals surface area contributed by atoms with Crippen LogP contribution in [0.25, 0.3) is 22.5 Å². The lowest BCUT2D eigenvalue weighted by molar-refractivity contribution is 0.103. The fourth-order valence-corrected chi connectivity index (χ4v) is 5.58. The Morgan fingerprint density at radius 3 is 2.50 bits per heavy atom. The number of nitrogens with zero attached hydrogens (tertiary/aromatic N) is 5. The van der Waals surface area contributed by atoms with Gasteiger partial charge >= 0.3 is 0 Å². The number of piperidine rings is 1. The largest absolute Gasteiger partial charge is 0.490 e. The first kappa shape index (κ1) is 25.7. The van der Waals surface area contributed by atoms with Gasteiger partial charge in [0.25, 0.3) is 5.56 Å². The van der Waals surface area contributed by atoms with Crippen LogP contribution in [0.4, 0.5) is 0 Å². The zero-order valence-corrected chi connectivity index (χ0v) is 22.3. The van der Waals surface area contributed by atoms with E-state index in [0.717, 1.165) is 43.6 Å². The van der Waals surface area contributed by atoms with Crippen molar-refractivity contribution in [2.75, 3.05) is 26.2 Å². The summed E-state index contributed by atoms with van der Waals surface area (Å²) in [6, 6.07) is 17.9. The lowest BCUT2D eigenvalue weighted by atomic mass is 9.98.